The molecule has 2 amide bonds. The van der Waals surface area contributed by atoms with E-state index in [0.717, 1.165) is 39.1 Å². The number of urea groups is 1. The Bertz CT molecular complexity index is 809. The van der Waals surface area contributed by atoms with Crippen molar-refractivity contribution >= 4 is 21.7 Å². The molecule has 9 heteroatoms. The highest BCUT2D eigenvalue weighted by molar-refractivity contribution is 7.89. The lowest BCUT2D eigenvalue weighted by molar-refractivity contribution is 0.227. The number of anilines is 1. The van der Waals surface area contributed by atoms with Crippen LogP contribution < -0.4 is 15.5 Å². The van der Waals surface area contributed by atoms with E-state index in [2.05, 4.69) is 51.6 Å². The van der Waals surface area contributed by atoms with Crippen LogP contribution in [-0.4, -0.2) is 87.8 Å². The molecule has 2 fully saturated rings. The molecule has 1 aromatic carbocycles. The Kier molecular flexibility index (Phi) is 7.96. The number of amides is 2. The molecule has 0 aliphatic carbocycles. The molecular weight excluding hydrogens is 402 g/mol. The monoisotopic (exact) mass is 437 g/mol. The number of hydrogen-bond acceptors (Lipinski definition) is 5. The number of hydrogen-bond donors (Lipinski definition) is 2. The molecule has 2 heterocycles. The topological polar surface area (TPSA) is 85.0 Å². The fraction of sp³-hybridized carbons (Fsp3) is 0.667. The number of sulfonamides is 1. The molecule has 2 aliphatic rings. The molecule has 8 nitrogen and oxygen atoms in total. The van der Waals surface area contributed by atoms with Gasteiger partial charge in [-0.15, -0.1) is 0 Å². The van der Waals surface area contributed by atoms with Gasteiger partial charge in [0.05, 0.1) is 5.75 Å². The van der Waals surface area contributed by atoms with E-state index in [1.54, 1.807) is 0 Å². The number of rotatable bonds is 8. The number of carbonyl (C=O) groups is 1. The van der Waals surface area contributed by atoms with Gasteiger partial charge in [-0.2, -0.15) is 0 Å². The van der Waals surface area contributed by atoms with E-state index in [-0.39, 0.29) is 17.8 Å². The summed E-state index contributed by atoms with van der Waals surface area (Å²) in [5, 5.41) is 5.72. The largest absolute Gasteiger partial charge is 0.369 e. The molecule has 0 radical (unpaired) electrons. The van der Waals surface area contributed by atoms with Gasteiger partial charge in [0.15, 0.2) is 0 Å². The van der Waals surface area contributed by atoms with Crippen LogP contribution in [0.5, 0.6) is 0 Å². The van der Waals surface area contributed by atoms with Gasteiger partial charge < -0.3 is 15.5 Å². The van der Waals surface area contributed by atoms with Crippen LogP contribution in [0.2, 0.25) is 0 Å². The van der Waals surface area contributed by atoms with Gasteiger partial charge in [-0.3, -0.25) is 4.90 Å². The fourth-order valence-corrected chi connectivity index (χ4v) is 5.54. The van der Waals surface area contributed by atoms with Crippen LogP contribution in [0.15, 0.2) is 24.3 Å². The van der Waals surface area contributed by atoms with E-state index in [1.807, 2.05) is 6.92 Å². The normalized spacial score (nSPS) is 20.8. The molecule has 0 saturated carbocycles. The van der Waals surface area contributed by atoms with Crippen molar-refractivity contribution in [3.63, 3.8) is 0 Å². The first-order valence-corrected chi connectivity index (χ1v) is 12.5. The van der Waals surface area contributed by atoms with Gasteiger partial charge >= 0.3 is 6.03 Å². The minimum Gasteiger partial charge on any atom is -0.369 e. The molecule has 2 aliphatic heterocycles. The van der Waals surface area contributed by atoms with Crippen LogP contribution in [0.1, 0.15) is 25.3 Å². The van der Waals surface area contributed by atoms with Crippen LogP contribution in [0.3, 0.4) is 0 Å². The van der Waals surface area contributed by atoms with Crippen molar-refractivity contribution in [1.82, 2.24) is 19.8 Å². The Labute approximate surface area is 180 Å². The highest BCUT2D eigenvalue weighted by Gasteiger charge is 2.27. The zero-order valence-electron chi connectivity index (χ0n) is 18.1. The molecule has 1 aromatic rings. The smallest absolute Gasteiger partial charge is 0.315 e. The molecular formula is C21H35N5O3S. The summed E-state index contributed by atoms with van der Waals surface area (Å²) < 4.78 is 25.0. The van der Waals surface area contributed by atoms with Gasteiger partial charge in [0.25, 0.3) is 0 Å². The molecule has 1 atom stereocenters. The zero-order chi connectivity index (χ0) is 21.6. The van der Waals surface area contributed by atoms with Crippen LogP contribution in [0.25, 0.3) is 0 Å². The number of carbonyl (C=O) groups excluding carboxylic acids is 1. The molecule has 30 heavy (non-hydrogen) atoms. The second-order valence-electron chi connectivity index (χ2n) is 8.33. The van der Waals surface area contributed by atoms with Gasteiger partial charge in [-0.25, -0.2) is 17.5 Å². The van der Waals surface area contributed by atoms with Crippen molar-refractivity contribution in [2.45, 2.75) is 32.7 Å². The standard InChI is InChI=1S/C21H35N5O3S/c1-18-5-3-6-20(17-18)25-14-12-24(13-15-25)10-7-19(2)23-21(27)22-8-11-26-9-4-16-30(26,28)29/h3,5-6,17,19H,4,7-16H2,1-2H3,(H2,22,23,27). The predicted molar refractivity (Wildman–Crippen MR) is 120 cm³/mol. The van der Waals surface area contributed by atoms with Crippen LogP contribution in [0.4, 0.5) is 10.5 Å². The SMILES string of the molecule is Cc1cccc(N2CCN(CCC(C)NC(=O)NCCN3CCCS3(=O)=O)CC2)c1. The lowest BCUT2D eigenvalue weighted by Crippen LogP contribution is -2.48. The quantitative estimate of drug-likeness (QED) is 0.639. The summed E-state index contributed by atoms with van der Waals surface area (Å²) in [6.45, 7) is 10.4. The Balaban J connectivity index is 1.29. The van der Waals surface area contributed by atoms with Crippen molar-refractivity contribution in [2.75, 3.05) is 63.0 Å². The third kappa shape index (κ3) is 6.58. The van der Waals surface area contributed by atoms with Crippen molar-refractivity contribution in [3.05, 3.63) is 29.8 Å². The summed E-state index contributed by atoms with van der Waals surface area (Å²) in [4.78, 5) is 16.9. The lowest BCUT2D eigenvalue weighted by atomic mass is 10.1. The predicted octanol–water partition coefficient (Wildman–Crippen LogP) is 1.23. The number of piperazine rings is 1. The number of aryl methyl sites for hydroxylation is 1. The molecule has 2 saturated heterocycles. The van der Waals surface area contributed by atoms with Crippen LogP contribution in [0, 0.1) is 6.92 Å². The minimum atomic E-state index is -3.10. The summed E-state index contributed by atoms with van der Waals surface area (Å²) >= 11 is 0. The third-order valence-corrected chi connectivity index (χ3v) is 7.80. The maximum absolute atomic E-state index is 12.1. The van der Waals surface area contributed by atoms with Gasteiger partial charge in [0, 0.05) is 64.1 Å². The highest BCUT2D eigenvalue weighted by Crippen LogP contribution is 2.18. The van der Waals surface area contributed by atoms with Crippen molar-refractivity contribution in [1.29, 1.82) is 0 Å². The molecule has 2 N–H and O–H groups in total. The average Bonchev–Trinajstić information content (AvgIpc) is 3.05. The van der Waals surface area contributed by atoms with E-state index in [0.29, 0.717) is 26.1 Å². The van der Waals surface area contributed by atoms with E-state index in [1.165, 1.54) is 15.6 Å². The fourth-order valence-electron chi connectivity index (χ4n) is 4.01. The first-order valence-electron chi connectivity index (χ1n) is 10.9. The maximum Gasteiger partial charge on any atom is 0.315 e. The summed E-state index contributed by atoms with van der Waals surface area (Å²) in [5.74, 6) is 0.218. The summed E-state index contributed by atoms with van der Waals surface area (Å²) in [6, 6.07) is 8.47. The number of nitrogens with one attached hydrogen (secondary N) is 2. The van der Waals surface area contributed by atoms with Crippen LogP contribution in [-0.2, 0) is 10.0 Å². The van der Waals surface area contributed by atoms with Crippen molar-refractivity contribution < 1.29 is 13.2 Å². The van der Waals surface area contributed by atoms with Gasteiger partial charge in [-0.1, -0.05) is 12.1 Å². The van der Waals surface area contributed by atoms with Gasteiger partial charge in [-0.05, 0) is 44.4 Å². The first kappa shape index (κ1) is 22.8. The third-order valence-electron chi connectivity index (χ3n) is 5.84. The molecule has 168 valence electrons. The molecule has 0 bridgehead atoms. The molecule has 0 aromatic heterocycles. The van der Waals surface area contributed by atoms with Crippen LogP contribution >= 0.6 is 0 Å². The average molecular weight is 438 g/mol. The first-order chi connectivity index (χ1) is 14.3. The van der Waals surface area contributed by atoms with Crippen molar-refractivity contribution in [3.8, 4) is 0 Å². The maximum atomic E-state index is 12.1. The van der Waals surface area contributed by atoms with Gasteiger partial charge in [0.1, 0.15) is 0 Å². The number of benzene rings is 1. The zero-order valence-corrected chi connectivity index (χ0v) is 19.0. The summed E-state index contributed by atoms with van der Waals surface area (Å²) in [7, 11) is -3.10. The van der Waals surface area contributed by atoms with E-state index in [9.17, 15) is 13.2 Å². The Morgan fingerprint density at radius 2 is 1.90 bits per heavy atom. The molecule has 0 spiro atoms. The Morgan fingerprint density at radius 1 is 1.13 bits per heavy atom. The summed E-state index contributed by atoms with van der Waals surface area (Å²) in [5.41, 5.74) is 2.58. The highest BCUT2D eigenvalue weighted by atomic mass is 32.2. The Hall–Kier alpha value is -1.84. The molecule has 3 rings (SSSR count). The minimum absolute atomic E-state index is 0.0651. The number of nitrogens with zero attached hydrogens (tertiary/aromatic N) is 3. The Morgan fingerprint density at radius 3 is 2.57 bits per heavy atom. The summed E-state index contributed by atoms with van der Waals surface area (Å²) in [6.07, 6.45) is 1.56. The molecule has 1 unspecified atom stereocenters. The van der Waals surface area contributed by atoms with E-state index in [4.69, 9.17) is 0 Å². The van der Waals surface area contributed by atoms with E-state index < -0.39 is 10.0 Å². The lowest BCUT2D eigenvalue weighted by Gasteiger charge is -2.36. The second-order valence-corrected chi connectivity index (χ2v) is 10.4. The van der Waals surface area contributed by atoms with E-state index >= 15 is 0 Å². The van der Waals surface area contributed by atoms with Gasteiger partial charge in [0.2, 0.25) is 10.0 Å². The second kappa shape index (κ2) is 10.5. The van der Waals surface area contributed by atoms with Crippen molar-refractivity contribution in [2.24, 2.45) is 0 Å².